The maximum Gasteiger partial charge on any atom is 0.275 e. The summed E-state index contributed by atoms with van der Waals surface area (Å²) >= 11 is 2.84. The molecule has 0 atom stereocenters. The predicted molar refractivity (Wildman–Crippen MR) is 129 cm³/mol. The molecule has 2 aromatic heterocycles. The number of hydrogen-bond donors (Lipinski definition) is 4. The summed E-state index contributed by atoms with van der Waals surface area (Å²) in [7, 11) is 1.82. The van der Waals surface area contributed by atoms with E-state index < -0.39 is 0 Å². The Balaban J connectivity index is 1.70. The summed E-state index contributed by atoms with van der Waals surface area (Å²) < 4.78 is 1.17. The summed E-state index contributed by atoms with van der Waals surface area (Å²) in [6.45, 7) is 1.39. The third kappa shape index (κ3) is 4.32. The van der Waals surface area contributed by atoms with Crippen LogP contribution in [0.25, 0.3) is 20.5 Å². The molecule has 2 aromatic carbocycles. The van der Waals surface area contributed by atoms with E-state index in [-0.39, 0.29) is 17.5 Å². The molecule has 2 heterocycles. The van der Waals surface area contributed by atoms with Gasteiger partial charge in [0.1, 0.15) is 5.69 Å². The van der Waals surface area contributed by atoms with Gasteiger partial charge >= 0.3 is 0 Å². The van der Waals surface area contributed by atoms with Gasteiger partial charge in [0.25, 0.3) is 5.91 Å². The molecule has 4 rings (SSSR count). The molecule has 31 heavy (non-hydrogen) atoms. The minimum Gasteiger partial charge on any atom is -0.387 e. The van der Waals surface area contributed by atoms with Crippen molar-refractivity contribution in [1.29, 1.82) is 5.41 Å². The Kier molecular flexibility index (Phi) is 5.79. The first-order valence-corrected chi connectivity index (χ1v) is 11.1. The molecule has 156 valence electrons. The Morgan fingerprint density at radius 1 is 1.13 bits per heavy atom. The van der Waals surface area contributed by atoms with Crippen molar-refractivity contribution in [2.24, 2.45) is 0 Å². The number of carbonyl (C=O) groups is 2. The predicted octanol–water partition coefficient (Wildman–Crippen LogP) is 5.27. The highest BCUT2D eigenvalue weighted by Crippen LogP contribution is 2.40. The molecule has 0 saturated carbocycles. The zero-order valence-electron chi connectivity index (χ0n) is 16.8. The number of amides is 2. The maximum absolute atomic E-state index is 12.7. The Labute approximate surface area is 186 Å². The monoisotopic (exact) mass is 449 g/mol. The normalized spacial score (nSPS) is 10.6. The van der Waals surface area contributed by atoms with E-state index in [4.69, 9.17) is 5.41 Å². The van der Waals surface area contributed by atoms with Gasteiger partial charge in [0.15, 0.2) is 5.13 Å². The Bertz CT molecular complexity index is 1280. The average molecular weight is 450 g/mol. The SMILES string of the molecule is CNc1c(C=N)cc(NC(=O)c2csc(NC(C)=O)n2)cc1-c1cc2ccccc2s1. The lowest BCUT2D eigenvalue weighted by Crippen LogP contribution is -2.13. The highest BCUT2D eigenvalue weighted by Gasteiger charge is 2.16. The van der Waals surface area contributed by atoms with E-state index >= 15 is 0 Å². The number of hydrogen-bond acceptors (Lipinski definition) is 7. The molecule has 0 unspecified atom stereocenters. The van der Waals surface area contributed by atoms with E-state index in [1.165, 1.54) is 29.2 Å². The van der Waals surface area contributed by atoms with E-state index in [9.17, 15) is 9.59 Å². The number of carbonyl (C=O) groups excluding carboxylic acids is 2. The number of nitrogens with one attached hydrogen (secondary N) is 4. The third-order valence-corrected chi connectivity index (χ3v) is 6.45. The smallest absolute Gasteiger partial charge is 0.275 e. The van der Waals surface area contributed by atoms with Crippen LogP contribution in [0.3, 0.4) is 0 Å². The lowest BCUT2D eigenvalue weighted by molar-refractivity contribution is -0.114. The summed E-state index contributed by atoms with van der Waals surface area (Å²) in [4.78, 5) is 29.1. The number of aromatic nitrogens is 1. The van der Waals surface area contributed by atoms with Crippen molar-refractivity contribution in [2.75, 3.05) is 23.0 Å². The van der Waals surface area contributed by atoms with Crippen molar-refractivity contribution in [1.82, 2.24) is 4.98 Å². The minimum absolute atomic E-state index is 0.214. The number of thiophene rings is 1. The summed E-state index contributed by atoms with van der Waals surface area (Å²) in [5.74, 6) is -0.629. The van der Waals surface area contributed by atoms with Crippen LogP contribution in [0.2, 0.25) is 0 Å². The van der Waals surface area contributed by atoms with Crippen molar-refractivity contribution < 1.29 is 9.59 Å². The summed E-state index contributed by atoms with van der Waals surface area (Å²) in [6, 6.07) is 13.9. The van der Waals surface area contributed by atoms with Crippen molar-refractivity contribution in [3.05, 3.63) is 59.1 Å². The van der Waals surface area contributed by atoms with E-state index in [0.717, 1.165) is 21.5 Å². The number of benzene rings is 2. The molecular weight excluding hydrogens is 430 g/mol. The molecule has 4 N–H and O–H groups in total. The molecule has 0 bridgehead atoms. The molecule has 0 aliphatic rings. The fourth-order valence-corrected chi connectivity index (χ4v) is 5.04. The number of rotatable bonds is 6. The molecule has 4 aromatic rings. The topological polar surface area (TPSA) is 107 Å². The largest absolute Gasteiger partial charge is 0.387 e. The van der Waals surface area contributed by atoms with Gasteiger partial charge in [-0.3, -0.25) is 9.59 Å². The van der Waals surface area contributed by atoms with Gasteiger partial charge in [-0.15, -0.1) is 22.7 Å². The van der Waals surface area contributed by atoms with Crippen LogP contribution < -0.4 is 16.0 Å². The van der Waals surface area contributed by atoms with Gasteiger partial charge in [-0.25, -0.2) is 4.98 Å². The van der Waals surface area contributed by atoms with Crippen LogP contribution in [0.4, 0.5) is 16.5 Å². The second kappa shape index (κ2) is 8.66. The van der Waals surface area contributed by atoms with E-state index in [2.05, 4.69) is 39.1 Å². The lowest BCUT2D eigenvalue weighted by atomic mass is 10.0. The minimum atomic E-state index is -0.386. The van der Waals surface area contributed by atoms with Gasteiger partial charge in [0.05, 0.1) is 5.69 Å². The van der Waals surface area contributed by atoms with Crippen LogP contribution in [0, 0.1) is 5.41 Å². The lowest BCUT2D eigenvalue weighted by Gasteiger charge is -2.14. The van der Waals surface area contributed by atoms with Gasteiger partial charge in [-0.05, 0) is 29.7 Å². The molecule has 0 saturated heterocycles. The van der Waals surface area contributed by atoms with Gasteiger partial charge in [0, 0.05) is 52.0 Å². The van der Waals surface area contributed by atoms with Crippen LogP contribution in [0.5, 0.6) is 0 Å². The van der Waals surface area contributed by atoms with Crippen molar-refractivity contribution >= 4 is 67.3 Å². The second-order valence-electron chi connectivity index (χ2n) is 6.70. The number of nitrogens with zero attached hydrogens (tertiary/aromatic N) is 1. The maximum atomic E-state index is 12.7. The summed E-state index contributed by atoms with van der Waals surface area (Å²) in [5.41, 5.74) is 3.15. The van der Waals surface area contributed by atoms with Gasteiger partial charge in [-0.1, -0.05) is 18.2 Å². The number of thiazole rings is 1. The van der Waals surface area contributed by atoms with Crippen molar-refractivity contribution in [3.8, 4) is 10.4 Å². The Hall–Kier alpha value is -3.56. The van der Waals surface area contributed by atoms with Gasteiger partial charge in [-0.2, -0.15) is 0 Å². The zero-order valence-corrected chi connectivity index (χ0v) is 18.4. The Morgan fingerprint density at radius 3 is 2.65 bits per heavy atom. The molecule has 0 spiro atoms. The van der Waals surface area contributed by atoms with Gasteiger partial charge < -0.3 is 21.4 Å². The zero-order chi connectivity index (χ0) is 22.0. The quantitative estimate of drug-likeness (QED) is 0.301. The molecule has 0 aliphatic carbocycles. The van der Waals surface area contributed by atoms with Crippen molar-refractivity contribution in [2.45, 2.75) is 6.92 Å². The molecular formula is C22H19N5O2S2. The third-order valence-electron chi connectivity index (χ3n) is 4.54. The standard InChI is InChI=1S/C22H19N5O2S2/c1-12(28)25-22-27-17(11-30-22)21(29)26-15-7-14(10-23)20(24-2)16(9-15)19-8-13-5-3-4-6-18(13)31-19/h3-11,23-24H,1-2H3,(H,26,29)(H,25,27,28). The molecule has 0 fully saturated rings. The number of fused-ring (bicyclic) bond motifs is 1. The Morgan fingerprint density at radius 2 is 1.94 bits per heavy atom. The molecule has 7 nitrogen and oxygen atoms in total. The second-order valence-corrected chi connectivity index (χ2v) is 8.65. The summed E-state index contributed by atoms with van der Waals surface area (Å²) in [5, 5.41) is 19.6. The van der Waals surface area contributed by atoms with Crippen LogP contribution in [-0.4, -0.2) is 30.1 Å². The fraction of sp³-hybridized carbons (Fsp3) is 0.0909. The van der Waals surface area contributed by atoms with Crippen LogP contribution in [-0.2, 0) is 4.79 Å². The number of anilines is 3. The van der Waals surface area contributed by atoms with E-state index in [1.807, 2.05) is 25.2 Å². The summed E-state index contributed by atoms with van der Waals surface area (Å²) in [6.07, 6.45) is 1.26. The molecule has 2 amide bonds. The highest BCUT2D eigenvalue weighted by molar-refractivity contribution is 7.22. The van der Waals surface area contributed by atoms with Crippen molar-refractivity contribution in [3.63, 3.8) is 0 Å². The van der Waals surface area contributed by atoms with Gasteiger partial charge in [0.2, 0.25) is 5.91 Å². The highest BCUT2D eigenvalue weighted by atomic mass is 32.1. The first-order chi connectivity index (χ1) is 15.0. The van der Waals surface area contributed by atoms with E-state index in [0.29, 0.717) is 16.4 Å². The first kappa shape index (κ1) is 20.7. The van der Waals surface area contributed by atoms with Crippen LogP contribution in [0.1, 0.15) is 23.0 Å². The molecule has 9 heteroatoms. The molecule has 0 radical (unpaired) electrons. The fourth-order valence-electron chi connectivity index (χ4n) is 3.22. The first-order valence-electron chi connectivity index (χ1n) is 9.38. The molecule has 0 aliphatic heterocycles. The van der Waals surface area contributed by atoms with Crippen LogP contribution in [0.15, 0.2) is 47.8 Å². The average Bonchev–Trinajstić information content (AvgIpc) is 3.39. The van der Waals surface area contributed by atoms with E-state index in [1.54, 1.807) is 22.8 Å². The van der Waals surface area contributed by atoms with Crippen LogP contribution >= 0.6 is 22.7 Å².